The van der Waals surface area contributed by atoms with Crippen molar-refractivity contribution in [2.24, 2.45) is 0 Å². The number of likely N-dealkylation sites (tertiary alicyclic amines) is 1. The second kappa shape index (κ2) is 8.65. The Morgan fingerprint density at radius 1 is 1.00 bits per heavy atom. The number of imidazole rings is 1. The van der Waals surface area contributed by atoms with Gasteiger partial charge in [0.25, 0.3) is 0 Å². The first-order chi connectivity index (χ1) is 17.7. The quantitative estimate of drug-likeness (QED) is 0.300. The summed E-state index contributed by atoms with van der Waals surface area (Å²) < 4.78 is 0. The van der Waals surface area contributed by atoms with E-state index in [1.54, 1.807) is 11.3 Å². The highest BCUT2D eigenvalue weighted by Crippen LogP contribution is 2.35. The number of aromatic nitrogens is 6. The van der Waals surface area contributed by atoms with Crippen molar-refractivity contribution in [1.29, 1.82) is 0 Å². The Hall–Kier alpha value is -3.88. The summed E-state index contributed by atoms with van der Waals surface area (Å²) in [4.78, 5) is 22.6. The highest BCUT2D eigenvalue weighted by Gasteiger charge is 2.17. The van der Waals surface area contributed by atoms with Gasteiger partial charge in [0.15, 0.2) is 11.5 Å². The number of rotatable bonds is 5. The topological polar surface area (TPSA) is 86.4 Å². The van der Waals surface area contributed by atoms with Gasteiger partial charge in [-0.3, -0.25) is 15.0 Å². The third kappa shape index (κ3) is 3.79. The molecule has 1 fully saturated rings. The molecule has 1 aliphatic rings. The molecular formula is C28H25N7S. The van der Waals surface area contributed by atoms with Gasteiger partial charge in [-0.05, 0) is 68.8 Å². The molecular weight excluding hydrogens is 466 g/mol. The highest BCUT2D eigenvalue weighted by molar-refractivity contribution is 7.15. The minimum absolute atomic E-state index is 0.671. The van der Waals surface area contributed by atoms with Crippen molar-refractivity contribution in [2.75, 3.05) is 13.1 Å². The lowest BCUT2D eigenvalue weighted by molar-refractivity contribution is 0.331. The maximum atomic E-state index is 5.00. The fourth-order valence-electron chi connectivity index (χ4n) is 5.10. The maximum absolute atomic E-state index is 5.00. The van der Waals surface area contributed by atoms with E-state index in [2.05, 4.69) is 79.4 Å². The molecule has 6 aromatic rings. The summed E-state index contributed by atoms with van der Waals surface area (Å²) in [6.45, 7) is 5.41. The Kier molecular flexibility index (Phi) is 5.15. The minimum atomic E-state index is 0.671. The molecule has 0 amide bonds. The molecule has 1 aromatic carbocycles. The predicted octanol–water partition coefficient (Wildman–Crippen LogP) is 6.20. The van der Waals surface area contributed by atoms with Gasteiger partial charge in [0.1, 0.15) is 5.69 Å². The molecule has 0 bridgehead atoms. The average Bonchev–Trinajstić information content (AvgIpc) is 3.70. The molecule has 7 nitrogen and oxygen atoms in total. The summed E-state index contributed by atoms with van der Waals surface area (Å²) >= 11 is 1.78. The first kappa shape index (κ1) is 21.4. The zero-order chi connectivity index (χ0) is 24.1. The van der Waals surface area contributed by atoms with Crippen molar-refractivity contribution in [3.8, 4) is 33.1 Å². The fraction of sp³-hybridized carbons (Fsp3) is 0.214. The van der Waals surface area contributed by atoms with Gasteiger partial charge in [-0.15, -0.1) is 11.3 Å². The molecule has 6 heterocycles. The van der Waals surface area contributed by atoms with Crippen LogP contribution in [0, 0.1) is 6.92 Å². The van der Waals surface area contributed by atoms with Crippen molar-refractivity contribution in [1.82, 2.24) is 35.0 Å². The fourth-order valence-corrected chi connectivity index (χ4v) is 5.99. The number of H-pyrrole nitrogens is 2. The maximum Gasteiger partial charge on any atom is 0.181 e. The van der Waals surface area contributed by atoms with Gasteiger partial charge in [-0.2, -0.15) is 5.10 Å². The van der Waals surface area contributed by atoms with Crippen molar-refractivity contribution in [2.45, 2.75) is 26.3 Å². The molecule has 0 unspecified atom stereocenters. The van der Waals surface area contributed by atoms with E-state index >= 15 is 0 Å². The molecule has 1 saturated heterocycles. The Morgan fingerprint density at radius 2 is 1.89 bits per heavy atom. The summed E-state index contributed by atoms with van der Waals surface area (Å²) in [6, 6.07) is 14.9. The lowest BCUT2D eigenvalue weighted by Crippen LogP contribution is -2.18. The Balaban J connectivity index is 1.28. The van der Waals surface area contributed by atoms with Gasteiger partial charge in [0.05, 0.1) is 16.4 Å². The van der Waals surface area contributed by atoms with E-state index in [1.165, 1.54) is 41.2 Å². The zero-order valence-electron chi connectivity index (χ0n) is 20.0. The van der Waals surface area contributed by atoms with Crippen molar-refractivity contribution in [3.63, 3.8) is 0 Å². The van der Waals surface area contributed by atoms with E-state index in [-0.39, 0.29) is 0 Å². The number of aromatic amines is 2. The summed E-state index contributed by atoms with van der Waals surface area (Å²) in [5.41, 5.74) is 7.92. The molecule has 178 valence electrons. The van der Waals surface area contributed by atoms with E-state index in [4.69, 9.17) is 4.98 Å². The van der Waals surface area contributed by atoms with E-state index in [9.17, 15) is 0 Å². The SMILES string of the molecule is Cc1ccc(-c2cccc3[nH]c(-c4[nH]nc5ncc(-c6cncc(CN7CCCC7)c6)cc45)nc23)s1. The second-order valence-corrected chi connectivity index (χ2v) is 10.7. The van der Waals surface area contributed by atoms with Crippen LogP contribution in [0.2, 0.25) is 0 Å². The van der Waals surface area contributed by atoms with Crippen LogP contribution in [0.3, 0.4) is 0 Å². The van der Waals surface area contributed by atoms with Crippen LogP contribution in [-0.4, -0.2) is 48.1 Å². The number of hydrogen-bond donors (Lipinski definition) is 2. The van der Waals surface area contributed by atoms with E-state index in [1.807, 2.05) is 18.6 Å². The number of benzene rings is 1. The van der Waals surface area contributed by atoms with Crippen molar-refractivity contribution < 1.29 is 0 Å². The summed E-state index contributed by atoms with van der Waals surface area (Å²) in [5.74, 6) is 0.757. The highest BCUT2D eigenvalue weighted by atomic mass is 32.1. The first-order valence-corrected chi connectivity index (χ1v) is 13.1. The lowest BCUT2D eigenvalue weighted by Gasteiger charge is -2.14. The van der Waals surface area contributed by atoms with Crippen molar-refractivity contribution in [3.05, 3.63) is 71.5 Å². The number of fused-ring (bicyclic) bond motifs is 2. The number of pyridine rings is 2. The molecule has 5 aromatic heterocycles. The van der Waals surface area contributed by atoms with Crippen LogP contribution < -0.4 is 0 Å². The standard InChI is InChI=1S/C28H25N7S/c1-17-7-8-24(36-17)21-5-4-6-23-25(21)32-28(31-23)26-22-12-20(15-30-27(22)34-33-26)19-11-18(13-29-14-19)16-35-9-2-3-10-35/h4-8,11-15H,2-3,9-10,16H2,1H3,(H,31,32)(H,30,33,34). The Labute approximate surface area is 212 Å². The molecule has 36 heavy (non-hydrogen) atoms. The van der Waals surface area contributed by atoms with Gasteiger partial charge in [-0.1, -0.05) is 12.1 Å². The largest absolute Gasteiger partial charge is 0.337 e. The van der Waals surface area contributed by atoms with Gasteiger partial charge in [0.2, 0.25) is 0 Å². The summed E-state index contributed by atoms with van der Waals surface area (Å²) in [7, 11) is 0. The molecule has 0 atom stereocenters. The monoisotopic (exact) mass is 491 g/mol. The number of aryl methyl sites for hydroxylation is 1. The third-order valence-corrected chi connectivity index (χ3v) is 7.93. The zero-order valence-corrected chi connectivity index (χ0v) is 20.8. The normalized spacial score (nSPS) is 14.4. The molecule has 0 spiro atoms. The summed E-state index contributed by atoms with van der Waals surface area (Å²) in [6.07, 6.45) is 8.32. The lowest BCUT2D eigenvalue weighted by atomic mass is 10.1. The van der Waals surface area contributed by atoms with Gasteiger partial charge in [-0.25, -0.2) is 9.97 Å². The average molecular weight is 492 g/mol. The van der Waals surface area contributed by atoms with Crippen LogP contribution in [0.1, 0.15) is 23.3 Å². The number of thiophene rings is 1. The van der Waals surface area contributed by atoms with E-state index in [0.717, 1.165) is 51.2 Å². The van der Waals surface area contributed by atoms with E-state index in [0.29, 0.717) is 5.65 Å². The van der Waals surface area contributed by atoms with E-state index < -0.39 is 0 Å². The van der Waals surface area contributed by atoms with Crippen LogP contribution in [0.5, 0.6) is 0 Å². The number of nitrogens with zero attached hydrogens (tertiary/aromatic N) is 5. The second-order valence-electron chi connectivity index (χ2n) is 9.46. The van der Waals surface area contributed by atoms with Crippen LogP contribution in [0.15, 0.2) is 61.1 Å². The van der Waals surface area contributed by atoms with Crippen LogP contribution >= 0.6 is 11.3 Å². The Morgan fingerprint density at radius 3 is 2.75 bits per heavy atom. The number of nitrogens with one attached hydrogen (secondary N) is 2. The molecule has 0 aliphatic carbocycles. The van der Waals surface area contributed by atoms with Crippen LogP contribution in [0.25, 0.3) is 55.2 Å². The van der Waals surface area contributed by atoms with Crippen LogP contribution in [-0.2, 0) is 6.54 Å². The smallest absolute Gasteiger partial charge is 0.181 e. The third-order valence-electron chi connectivity index (χ3n) is 6.90. The molecule has 8 heteroatoms. The molecule has 7 rings (SSSR count). The van der Waals surface area contributed by atoms with Gasteiger partial charge < -0.3 is 4.98 Å². The Bertz CT molecular complexity index is 1700. The minimum Gasteiger partial charge on any atom is -0.337 e. The number of para-hydroxylation sites is 1. The summed E-state index contributed by atoms with van der Waals surface area (Å²) in [5, 5.41) is 8.56. The molecule has 0 saturated carbocycles. The molecule has 1 aliphatic heterocycles. The molecule has 0 radical (unpaired) electrons. The van der Waals surface area contributed by atoms with Gasteiger partial charge >= 0.3 is 0 Å². The number of hydrogen-bond acceptors (Lipinski definition) is 6. The van der Waals surface area contributed by atoms with Crippen LogP contribution in [0.4, 0.5) is 0 Å². The first-order valence-electron chi connectivity index (χ1n) is 12.3. The van der Waals surface area contributed by atoms with Crippen molar-refractivity contribution >= 4 is 33.4 Å². The molecule has 2 N–H and O–H groups in total. The van der Waals surface area contributed by atoms with Gasteiger partial charge in [0, 0.05) is 51.6 Å². The predicted molar refractivity (Wildman–Crippen MR) is 145 cm³/mol.